The standard InChI is InChI=1S/C16H22O4/c1-16(2,3)20-13-10-8-12(9-11-13)14(17)6-5-7-15(18)19-4/h8-11H,5-7H2,1-4H3. The number of hydrogen-bond donors (Lipinski definition) is 0. The van der Waals surface area contributed by atoms with Crippen LogP contribution in [0.25, 0.3) is 0 Å². The second kappa shape index (κ2) is 7.08. The highest BCUT2D eigenvalue weighted by atomic mass is 16.5. The molecule has 0 radical (unpaired) electrons. The van der Waals surface area contributed by atoms with Crippen LogP contribution in [0.2, 0.25) is 0 Å². The highest BCUT2D eigenvalue weighted by molar-refractivity contribution is 5.96. The molecule has 0 amide bonds. The van der Waals surface area contributed by atoms with E-state index in [-0.39, 0.29) is 23.8 Å². The van der Waals surface area contributed by atoms with Gasteiger partial charge in [-0.3, -0.25) is 9.59 Å². The third-order valence-electron chi connectivity index (χ3n) is 2.61. The highest BCUT2D eigenvalue weighted by Crippen LogP contribution is 2.19. The SMILES string of the molecule is COC(=O)CCCC(=O)c1ccc(OC(C)(C)C)cc1. The summed E-state index contributed by atoms with van der Waals surface area (Å²) in [4.78, 5) is 22.9. The van der Waals surface area contributed by atoms with Gasteiger partial charge in [-0.15, -0.1) is 0 Å². The van der Waals surface area contributed by atoms with Crippen molar-refractivity contribution in [1.82, 2.24) is 0 Å². The first-order valence-corrected chi connectivity index (χ1v) is 6.71. The number of benzene rings is 1. The number of hydrogen-bond acceptors (Lipinski definition) is 4. The monoisotopic (exact) mass is 278 g/mol. The van der Waals surface area contributed by atoms with Crippen molar-refractivity contribution in [2.24, 2.45) is 0 Å². The van der Waals surface area contributed by atoms with Gasteiger partial charge in [0.25, 0.3) is 0 Å². The lowest BCUT2D eigenvalue weighted by molar-refractivity contribution is -0.140. The summed E-state index contributed by atoms with van der Waals surface area (Å²) in [5.74, 6) is 0.478. The first-order valence-electron chi connectivity index (χ1n) is 6.71. The topological polar surface area (TPSA) is 52.6 Å². The van der Waals surface area contributed by atoms with Crippen LogP contribution >= 0.6 is 0 Å². The summed E-state index contributed by atoms with van der Waals surface area (Å²) in [6.07, 6.45) is 1.12. The minimum atomic E-state index is -0.285. The van der Waals surface area contributed by atoms with Crippen LogP contribution in [0.3, 0.4) is 0 Å². The second-order valence-corrected chi connectivity index (χ2v) is 5.59. The fraction of sp³-hybridized carbons (Fsp3) is 0.500. The van der Waals surface area contributed by atoms with Crippen molar-refractivity contribution in [3.63, 3.8) is 0 Å². The zero-order chi connectivity index (χ0) is 15.2. The van der Waals surface area contributed by atoms with Crippen molar-refractivity contribution in [3.8, 4) is 5.75 Å². The maximum absolute atomic E-state index is 11.9. The number of ketones is 1. The van der Waals surface area contributed by atoms with Crippen LogP contribution in [0.4, 0.5) is 0 Å². The van der Waals surface area contributed by atoms with E-state index in [9.17, 15) is 9.59 Å². The number of Topliss-reactive ketones (excluding diaryl/α,β-unsaturated/α-hetero) is 1. The van der Waals surface area contributed by atoms with Gasteiger partial charge in [-0.1, -0.05) is 0 Å². The van der Waals surface area contributed by atoms with Crippen molar-refractivity contribution in [1.29, 1.82) is 0 Å². The largest absolute Gasteiger partial charge is 0.488 e. The molecule has 0 aromatic heterocycles. The summed E-state index contributed by atoms with van der Waals surface area (Å²) in [7, 11) is 1.35. The van der Waals surface area contributed by atoms with Gasteiger partial charge in [-0.25, -0.2) is 0 Å². The second-order valence-electron chi connectivity index (χ2n) is 5.59. The van der Waals surface area contributed by atoms with Crippen molar-refractivity contribution in [3.05, 3.63) is 29.8 Å². The first-order chi connectivity index (χ1) is 9.31. The van der Waals surface area contributed by atoms with E-state index in [0.717, 1.165) is 5.75 Å². The summed E-state index contributed by atoms with van der Waals surface area (Å²) in [6, 6.07) is 7.08. The zero-order valence-electron chi connectivity index (χ0n) is 12.6. The van der Waals surface area contributed by atoms with Gasteiger partial charge in [0, 0.05) is 18.4 Å². The van der Waals surface area contributed by atoms with Gasteiger partial charge in [0.15, 0.2) is 5.78 Å². The minimum Gasteiger partial charge on any atom is -0.488 e. The molecule has 0 N–H and O–H groups in total. The number of methoxy groups -OCH3 is 1. The molecular formula is C16H22O4. The molecule has 0 saturated carbocycles. The van der Waals surface area contributed by atoms with E-state index in [1.54, 1.807) is 24.3 Å². The van der Waals surface area contributed by atoms with E-state index < -0.39 is 0 Å². The van der Waals surface area contributed by atoms with Gasteiger partial charge in [0.1, 0.15) is 11.4 Å². The van der Waals surface area contributed by atoms with Gasteiger partial charge in [0.05, 0.1) is 7.11 Å². The summed E-state index contributed by atoms with van der Waals surface area (Å²) in [5, 5.41) is 0. The molecule has 4 nitrogen and oxygen atoms in total. The Balaban J connectivity index is 2.51. The molecule has 0 heterocycles. The summed E-state index contributed by atoms with van der Waals surface area (Å²) < 4.78 is 10.2. The molecular weight excluding hydrogens is 256 g/mol. The maximum atomic E-state index is 11.9. The molecule has 1 aromatic carbocycles. The van der Waals surface area contributed by atoms with Gasteiger partial charge in [-0.05, 0) is 51.5 Å². The van der Waals surface area contributed by atoms with E-state index in [1.807, 2.05) is 20.8 Å². The highest BCUT2D eigenvalue weighted by Gasteiger charge is 2.12. The normalized spacial score (nSPS) is 11.0. The number of ether oxygens (including phenoxy) is 2. The van der Waals surface area contributed by atoms with Gasteiger partial charge < -0.3 is 9.47 Å². The molecule has 1 aromatic rings. The fourth-order valence-electron chi connectivity index (χ4n) is 1.70. The molecule has 110 valence electrons. The van der Waals surface area contributed by atoms with Crippen LogP contribution in [0.1, 0.15) is 50.4 Å². The minimum absolute atomic E-state index is 0.0243. The van der Waals surface area contributed by atoms with Gasteiger partial charge in [-0.2, -0.15) is 0 Å². The van der Waals surface area contributed by atoms with E-state index >= 15 is 0 Å². The molecule has 1 rings (SSSR count). The molecule has 0 unspecified atom stereocenters. The molecule has 0 bridgehead atoms. The Bertz CT molecular complexity index is 454. The molecule has 20 heavy (non-hydrogen) atoms. The number of rotatable bonds is 6. The molecule has 4 heteroatoms. The molecule has 0 aliphatic rings. The van der Waals surface area contributed by atoms with E-state index in [4.69, 9.17) is 4.74 Å². The molecule has 0 saturated heterocycles. The zero-order valence-corrected chi connectivity index (χ0v) is 12.6. The van der Waals surface area contributed by atoms with Crippen LogP contribution in [0.5, 0.6) is 5.75 Å². The Kier molecular flexibility index (Phi) is 5.74. The Labute approximate surface area is 120 Å². The first kappa shape index (κ1) is 16.2. The van der Waals surface area contributed by atoms with Crippen LogP contribution in [-0.4, -0.2) is 24.5 Å². The van der Waals surface area contributed by atoms with Crippen molar-refractivity contribution in [2.45, 2.75) is 45.6 Å². The van der Waals surface area contributed by atoms with Gasteiger partial charge >= 0.3 is 5.97 Å². The summed E-state index contributed by atoms with van der Waals surface area (Å²) in [5.41, 5.74) is 0.377. The summed E-state index contributed by atoms with van der Waals surface area (Å²) >= 11 is 0. The van der Waals surface area contributed by atoms with Crippen LogP contribution in [-0.2, 0) is 9.53 Å². The smallest absolute Gasteiger partial charge is 0.305 e. The van der Waals surface area contributed by atoms with Crippen LogP contribution < -0.4 is 4.74 Å². The predicted octanol–water partition coefficient (Wildman–Crippen LogP) is 3.39. The molecule has 0 atom stereocenters. The third kappa shape index (κ3) is 5.87. The fourth-order valence-corrected chi connectivity index (χ4v) is 1.70. The van der Waals surface area contributed by atoms with E-state index in [1.165, 1.54) is 7.11 Å². The summed E-state index contributed by atoms with van der Waals surface area (Å²) in [6.45, 7) is 5.91. The number of esters is 1. The van der Waals surface area contributed by atoms with Crippen LogP contribution in [0.15, 0.2) is 24.3 Å². The third-order valence-corrected chi connectivity index (χ3v) is 2.61. The molecule has 0 fully saturated rings. The van der Waals surface area contributed by atoms with Crippen LogP contribution in [0, 0.1) is 0 Å². The lowest BCUT2D eigenvalue weighted by atomic mass is 10.1. The number of carbonyl (C=O) groups is 2. The van der Waals surface area contributed by atoms with Crippen molar-refractivity contribution in [2.75, 3.05) is 7.11 Å². The Morgan fingerprint density at radius 3 is 2.15 bits per heavy atom. The Morgan fingerprint density at radius 1 is 1.05 bits per heavy atom. The Morgan fingerprint density at radius 2 is 1.65 bits per heavy atom. The average molecular weight is 278 g/mol. The molecule has 0 aliphatic carbocycles. The molecule has 0 aliphatic heterocycles. The lowest BCUT2D eigenvalue weighted by Crippen LogP contribution is -2.22. The van der Waals surface area contributed by atoms with E-state index in [0.29, 0.717) is 18.4 Å². The maximum Gasteiger partial charge on any atom is 0.305 e. The quantitative estimate of drug-likeness (QED) is 0.591. The van der Waals surface area contributed by atoms with Crippen molar-refractivity contribution >= 4 is 11.8 Å². The number of carbonyl (C=O) groups excluding carboxylic acids is 2. The van der Waals surface area contributed by atoms with Gasteiger partial charge in [0.2, 0.25) is 0 Å². The molecule has 0 spiro atoms. The average Bonchev–Trinajstić information content (AvgIpc) is 2.37. The predicted molar refractivity (Wildman–Crippen MR) is 77.0 cm³/mol. The van der Waals surface area contributed by atoms with Crippen molar-refractivity contribution < 1.29 is 19.1 Å². The van der Waals surface area contributed by atoms with E-state index in [2.05, 4.69) is 4.74 Å². The lowest BCUT2D eigenvalue weighted by Gasteiger charge is -2.21. The Hall–Kier alpha value is -1.84.